The van der Waals surface area contributed by atoms with E-state index in [2.05, 4.69) is 15.4 Å². The minimum atomic E-state index is -4.09. The standard InChI is InChI=1S/C24H15Cl2N3O3S/c25-18-10-6-15(7-11-18)20-14-21(28-27-20)33(30,31)24-22(16-8-12-19(26)13-9-16)29-32-23(24)17-4-2-1-3-5-17/h1-14H,(H,27,28). The van der Waals surface area contributed by atoms with Crippen molar-refractivity contribution in [1.82, 2.24) is 15.4 Å². The van der Waals surface area contributed by atoms with Crippen molar-refractivity contribution in [3.05, 3.63) is 95.0 Å². The van der Waals surface area contributed by atoms with Crippen molar-refractivity contribution in [2.24, 2.45) is 0 Å². The molecular weight excluding hydrogens is 481 g/mol. The average molecular weight is 496 g/mol. The lowest BCUT2D eigenvalue weighted by molar-refractivity contribution is 0.433. The highest BCUT2D eigenvalue weighted by Gasteiger charge is 2.33. The van der Waals surface area contributed by atoms with E-state index in [-0.39, 0.29) is 21.4 Å². The number of halogens is 2. The fraction of sp³-hybridized carbons (Fsp3) is 0. The van der Waals surface area contributed by atoms with Gasteiger partial charge in [0.2, 0.25) is 9.84 Å². The second kappa shape index (κ2) is 8.51. The van der Waals surface area contributed by atoms with Gasteiger partial charge in [-0.2, -0.15) is 5.10 Å². The zero-order chi connectivity index (χ0) is 23.0. The van der Waals surface area contributed by atoms with Gasteiger partial charge in [-0.15, -0.1) is 0 Å². The normalized spacial score (nSPS) is 11.6. The van der Waals surface area contributed by atoms with Gasteiger partial charge >= 0.3 is 0 Å². The fourth-order valence-electron chi connectivity index (χ4n) is 3.42. The van der Waals surface area contributed by atoms with Gasteiger partial charge in [0.05, 0.1) is 5.69 Å². The molecule has 2 aromatic heterocycles. The molecule has 0 bridgehead atoms. The fourth-order valence-corrected chi connectivity index (χ4v) is 5.13. The number of aromatic nitrogens is 3. The molecule has 164 valence electrons. The van der Waals surface area contributed by atoms with E-state index in [4.69, 9.17) is 27.7 Å². The molecule has 6 nitrogen and oxygen atoms in total. The van der Waals surface area contributed by atoms with Crippen molar-refractivity contribution in [3.8, 4) is 33.8 Å². The highest BCUT2D eigenvalue weighted by atomic mass is 35.5. The van der Waals surface area contributed by atoms with E-state index in [9.17, 15) is 8.42 Å². The number of aromatic amines is 1. The van der Waals surface area contributed by atoms with Gasteiger partial charge in [0, 0.05) is 32.8 Å². The number of nitrogens with one attached hydrogen (secondary N) is 1. The summed E-state index contributed by atoms with van der Waals surface area (Å²) in [5.74, 6) is 0.142. The van der Waals surface area contributed by atoms with Gasteiger partial charge in [0.1, 0.15) is 10.6 Å². The minimum absolute atomic E-state index is 0.0534. The molecule has 0 aliphatic carbocycles. The van der Waals surface area contributed by atoms with Crippen LogP contribution in [0.25, 0.3) is 33.8 Å². The smallest absolute Gasteiger partial charge is 0.229 e. The lowest BCUT2D eigenvalue weighted by Gasteiger charge is -2.05. The van der Waals surface area contributed by atoms with E-state index in [1.807, 2.05) is 6.07 Å². The van der Waals surface area contributed by atoms with Crippen molar-refractivity contribution in [3.63, 3.8) is 0 Å². The highest BCUT2D eigenvalue weighted by Crippen LogP contribution is 2.39. The predicted octanol–water partition coefficient (Wildman–Crippen LogP) is 6.54. The molecule has 0 aliphatic heterocycles. The molecular formula is C24H15Cl2N3O3S. The Morgan fingerprint density at radius 2 is 1.36 bits per heavy atom. The van der Waals surface area contributed by atoms with Crippen LogP contribution in [0.3, 0.4) is 0 Å². The Bertz CT molecular complexity index is 1530. The van der Waals surface area contributed by atoms with Crippen molar-refractivity contribution < 1.29 is 12.9 Å². The lowest BCUT2D eigenvalue weighted by atomic mass is 10.1. The molecule has 0 atom stereocenters. The Morgan fingerprint density at radius 1 is 0.758 bits per heavy atom. The molecule has 1 N–H and O–H groups in total. The first-order valence-electron chi connectivity index (χ1n) is 9.81. The van der Waals surface area contributed by atoms with Crippen molar-refractivity contribution in [2.45, 2.75) is 9.92 Å². The molecule has 0 fully saturated rings. The first-order chi connectivity index (χ1) is 15.9. The maximum Gasteiger partial charge on any atom is 0.229 e. The number of rotatable bonds is 5. The summed E-state index contributed by atoms with van der Waals surface area (Å²) in [5, 5.41) is 12.0. The number of hydrogen-bond acceptors (Lipinski definition) is 5. The summed E-state index contributed by atoms with van der Waals surface area (Å²) in [5.41, 5.74) is 2.52. The summed E-state index contributed by atoms with van der Waals surface area (Å²) in [6.45, 7) is 0. The molecule has 9 heteroatoms. The minimum Gasteiger partial charge on any atom is -0.354 e. The lowest BCUT2D eigenvalue weighted by Crippen LogP contribution is -2.05. The van der Waals surface area contributed by atoms with Gasteiger partial charge in [-0.05, 0) is 24.3 Å². The third-order valence-corrected chi connectivity index (χ3v) is 7.26. The second-order valence-electron chi connectivity index (χ2n) is 7.19. The van der Waals surface area contributed by atoms with E-state index in [0.29, 0.717) is 26.9 Å². The molecule has 0 saturated carbocycles. The van der Waals surface area contributed by atoms with Crippen LogP contribution >= 0.6 is 23.2 Å². The van der Waals surface area contributed by atoms with E-state index < -0.39 is 9.84 Å². The number of nitrogens with zero attached hydrogens (tertiary/aromatic N) is 2. The molecule has 0 spiro atoms. The SMILES string of the molecule is O=S(=O)(c1cc(-c2ccc(Cl)cc2)n[nH]1)c1c(-c2ccc(Cl)cc2)noc1-c1ccccc1. The van der Waals surface area contributed by atoms with Crippen molar-refractivity contribution >= 4 is 33.0 Å². The molecule has 5 rings (SSSR count). The van der Waals surface area contributed by atoms with Gasteiger partial charge in [-0.25, -0.2) is 8.42 Å². The predicted molar refractivity (Wildman–Crippen MR) is 127 cm³/mol. The maximum atomic E-state index is 13.8. The van der Waals surface area contributed by atoms with Crippen molar-refractivity contribution in [2.75, 3.05) is 0 Å². The van der Waals surface area contributed by atoms with Gasteiger partial charge in [0.25, 0.3) is 0 Å². The third-order valence-electron chi connectivity index (χ3n) is 5.06. The molecule has 0 aliphatic rings. The van der Waals surface area contributed by atoms with E-state index in [1.165, 1.54) is 6.07 Å². The third kappa shape index (κ3) is 4.06. The summed E-state index contributed by atoms with van der Waals surface area (Å²) < 4.78 is 33.2. The van der Waals surface area contributed by atoms with Crippen LogP contribution in [-0.4, -0.2) is 23.8 Å². The van der Waals surface area contributed by atoms with Crippen LogP contribution in [0.2, 0.25) is 10.0 Å². The topological polar surface area (TPSA) is 88.9 Å². The quantitative estimate of drug-likeness (QED) is 0.299. The van der Waals surface area contributed by atoms with E-state index >= 15 is 0 Å². The summed E-state index contributed by atoms with van der Waals surface area (Å²) in [6, 6.07) is 24.1. The van der Waals surface area contributed by atoms with Crippen LogP contribution in [0.1, 0.15) is 0 Å². The van der Waals surface area contributed by atoms with Gasteiger partial charge < -0.3 is 4.52 Å². The van der Waals surface area contributed by atoms with Crippen molar-refractivity contribution in [1.29, 1.82) is 0 Å². The summed E-state index contributed by atoms with van der Waals surface area (Å²) in [7, 11) is -4.09. The second-order valence-corrected chi connectivity index (χ2v) is 9.92. The van der Waals surface area contributed by atoms with E-state index in [0.717, 1.165) is 5.56 Å². The zero-order valence-electron chi connectivity index (χ0n) is 16.9. The highest BCUT2D eigenvalue weighted by molar-refractivity contribution is 7.91. The first kappa shape index (κ1) is 21.5. The zero-order valence-corrected chi connectivity index (χ0v) is 19.2. The maximum absolute atomic E-state index is 13.8. The van der Waals surface area contributed by atoms with Crippen LogP contribution in [0, 0.1) is 0 Å². The molecule has 0 saturated heterocycles. The molecule has 33 heavy (non-hydrogen) atoms. The molecule has 0 unspecified atom stereocenters. The number of benzene rings is 3. The number of H-pyrrole nitrogens is 1. The summed E-state index contributed by atoms with van der Waals surface area (Å²) in [4.78, 5) is -0.0534. The summed E-state index contributed by atoms with van der Waals surface area (Å²) in [6.07, 6.45) is 0. The molecule has 0 radical (unpaired) electrons. The molecule has 2 heterocycles. The Morgan fingerprint density at radius 3 is 2.00 bits per heavy atom. The number of sulfone groups is 1. The molecule has 3 aromatic carbocycles. The summed E-state index contributed by atoms with van der Waals surface area (Å²) >= 11 is 12.0. The average Bonchev–Trinajstić information content (AvgIpc) is 3.50. The van der Waals surface area contributed by atoms with Crippen LogP contribution in [-0.2, 0) is 9.84 Å². The van der Waals surface area contributed by atoms with Crippen LogP contribution < -0.4 is 0 Å². The Labute approximate surface area is 199 Å². The Balaban J connectivity index is 1.68. The monoisotopic (exact) mass is 495 g/mol. The Kier molecular flexibility index (Phi) is 5.54. The van der Waals surface area contributed by atoms with Crippen LogP contribution in [0.4, 0.5) is 0 Å². The largest absolute Gasteiger partial charge is 0.354 e. The van der Waals surface area contributed by atoms with Gasteiger partial charge in [0.15, 0.2) is 10.8 Å². The first-order valence-corrected chi connectivity index (χ1v) is 12.0. The number of hydrogen-bond donors (Lipinski definition) is 1. The van der Waals surface area contributed by atoms with E-state index in [1.54, 1.807) is 72.8 Å². The molecule has 5 aromatic rings. The van der Waals surface area contributed by atoms with Gasteiger partial charge in [-0.1, -0.05) is 83.0 Å². The Hall–Kier alpha value is -3.39. The van der Waals surface area contributed by atoms with Gasteiger partial charge in [-0.3, -0.25) is 5.10 Å². The van der Waals surface area contributed by atoms with Crippen LogP contribution in [0.5, 0.6) is 0 Å². The molecule has 0 amide bonds. The van der Waals surface area contributed by atoms with Crippen LogP contribution in [0.15, 0.2) is 99.4 Å².